The highest BCUT2D eigenvalue weighted by atomic mass is 79.9. The molecule has 3 rings (SSSR count). The molecule has 0 spiro atoms. The van der Waals surface area contributed by atoms with Crippen LogP contribution >= 0.6 is 15.9 Å². The van der Waals surface area contributed by atoms with E-state index < -0.39 is 0 Å². The number of aryl methyl sites for hydroxylation is 1. The van der Waals surface area contributed by atoms with Crippen LogP contribution in [-0.2, 0) is 12.5 Å². The average Bonchev–Trinajstić information content (AvgIpc) is 2.71. The Kier molecular flexibility index (Phi) is 2.77. The van der Waals surface area contributed by atoms with Crippen LogP contribution in [0.5, 0.6) is 0 Å². The fourth-order valence-corrected chi connectivity index (χ4v) is 3.58. The molecule has 2 aromatic rings. The van der Waals surface area contributed by atoms with Gasteiger partial charge in [-0.05, 0) is 36.5 Å². The van der Waals surface area contributed by atoms with Crippen molar-refractivity contribution in [2.45, 2.75) is 25.2 Å². The van der Waals surface area contributed by atoms with Gasteiger partial charge in [-0.25, -0.2) is 0 Å². The van der Waals surface area contributed by atoms with Crippen molar-refractivity contribution in [1.29, 1.82) is 0 Å². The van der Waals surface area contributed by atoms with Gasteiger partial charge in [0.15, 0.2) is 0 Å². The molecule has 1 aliphatic carbocycles. The molecule has 0 saturated heterocycles. The molecule has 0 N–H and O–H groups in total. The van der Waals surface area contributed by atoms with Gasteiger partial charge in [0, 0.05) is 11.5 Å². The Morgan fingerprint density at radius 1 is 1.39 bits per heavy atom. The predicted molar refractivity (Wildman–Crippen MR) is 74.3 cm³/mol. The van der Waals surface area contributed by atoms with Crippen LogP contribution in [0.4, 0.5) is 0 Å². The van der Waals surface area contributed by atoms with Crippen molar-refractivity contribution in [1.82, 2.24) is 14.8 Å². The van der Waals surface area contributed by atoms with Crippen molar-refractivity contribution in [3.63, 3.8) is 0 Å². The quantitative estimate of drug-likeness (QED) is 0.852. The molecule has 1 aromatic carbocycles. The summed E-state index contributed by atoms with van der Waals surface area (Å²) in [4.78, 5) is 0. The molecule has 1 fully saturated rings. The van der Waals surface area contributed by atoms with E-state index in [0.29, 0.717) is 0 Å². The maximum Gasteiger partial charge on any atom is 0.143 e. The second kappa shape index (κ2) is 4.19. The SMILES string of the molecule is CC1CC(c2cccc(Br)c2)(c2nncn2C)C1. The zero-order valence-corrected chi connectivity index (χ0v) is 12.2. The fraction of sp³-hybridized carbons (Fsp3) is 0.429. The zero-order chi connectivity index (χ0) is 12.8. The number of benzene rings is 1. The molecular weight excluding hydrogens is 290 g/mol. The van der Waals surface area contributed by atoms with Crippen LogP contribution < -0.4 is 0 Å². The van der Waals surface area contributed by atoms with Crippen LogP contribution in [0.15, 0.2) is 35.1 Å². The molecule has 1 saturated carbocycles. The van der Waals surface area contributed by atoms with Crippen molar-refractivity contribution in [2.24, 2.45) is 13.0 Å². The van der Waals surface area contributed by atoms with Crippen LogP contribution in [0.2, 0.25) is 0 Å². The topological polar surface area (TPSA) is 30.7 Å². The largest absolute Gasteiger partial charge is 0.320 e. The molecule has 0 radical (unpaired) electrons. The minimum absolute atomic E-state index is 0.0500. The van der Waals surface area contributed by atoms with Crippen LogP contribution in [0.1, 0.15) is 31.2 Å². The van der Waals surface area contributed by atoms with Crippen molar-refractivity contribution < 1.29 is 0 Å². The highest BCUT2D eigenvalue weighted by Crippen LogP contribution is 2.51. The summed E-state index contributed by atoms with van der Waals surface area (Å²) in [5.74, 6) is 1.83. The number of nitrogens with zero attached hydrogens (tertiary/aromatic N) is 3. The van der Waals surface area contributed by atoms with Gasteiger partial charge < -0.3 is 4.57 Å². The number of aromatic nitrogens is 3. The number of rotatable bonds is 2. The summed E-state index contributed by atoms with van der Waals surface area (Å²) >= 11 is 3.56. The average molecular weight is 306 g/mol. The molecule has 94 valence electrons. The van der Waals surface area contributed by atoms with Crippen molar-refractivity contribution >= 4 is 15.9 Å². The zero-order valence-electron chi connectivity index (χ0n) is 10.6. The first-order chi connectivity index (χ1) is 8.62. The van der Waals surface area contributed by atoms with Gasteiger partial charge in [-0.1, -0.05) is 35.0 Å². The van der Waals surface area contributed by atoms with E-state index >= 15 is 0 Å². The summed E-state index contributed by atoms with van der Waals surface area (Å²) in [5.41, 5.74) is 1.39. The Morgan fingerprint density at radius 2 is 2.17 bits per heavy atom. The highest BCUT2D eigenvalue weighted by Gasteiger charge is 2.48. The molecule has 0 amide bonds. The molecule has 0 unspecified atom stereocenters. The summed E-state index contributed by atoms with van der Waals surface area (Å²) in [6, 6.07) is 8.57. The summed E-state index contributed by atoms with van der Waals surface area (Å²) in [7, 11) is 2.03. The smallest absolute Gasteiger partial charge is 0.143 e. The van der Waals surface area contributed by atoms with Crippen LogP contribution in [-0.4, -0.2) is 14.8 Å². The normalized spacial score (nSPS) is 26.9. The molecule has 1 heterocycles. The van der Waals surface area contributed by atoms with E-state index in [9.17, 15) is 0 Å². The molecular formula is C14H16BrN3. The van der Waals surface area contributed by atoms with Gasteiger partial charge in [0.05, 0.1) is 5.41 Å². The number of hydrogen-bond donors (Lipinski definition) is 0. The first-order valence-corrected chi connectivity index (χ1v) is 7.02. The molecule has 3 nitrogen and oxygen atoms in total. The number of hydrogen-bond acceptors (Lipinski definition) is 2. The standard InChI is InChI=1S/C14H16BrN3/c1-10-7-14(8-10,13-17-16-9-18(13)2)11-4-3-5-12(15)6-11/h3-6,9-10H,7-8H2,1-2H3. The summed E-state index contributed by atoms with van der Waals surface area (Å²) < 4.78 is 3.17. The first-order valence-electron chi connectivity index (χ1n) is 6.22. The van der Waals surface area contributed by atoms with Gasteiger partial charge in [-0.2, -0.15) is 0 Å². The Labute approximate surface area is 115 Å². The van der Waals surface area contributed by atoms with E-state index in [2.05, 4.69) is 57.3 Å². The lowest BCUT2D eigenvalue weighted by Crippen LogP contribution is -2.43. The minimum atomic E-state index is 0.0500. The van der Waals surface area contributed by atoms with Crippen molar-refractivity contribution in [2.75, 3.05) is 0 Å². The van der Waals surface area contributed by atoms with Crippen LogP contribution in [0.3, 0.4) is 0 Å². The van der Waals surface area contributed by atoms with Crippen LogP contribution in [0.25, 0.3) is 0 Å². The maximum atomic E-state index is 4.35. The molecule has 4 heteroatoms. The molecule has 0 atom stereocenters. The molecule has 1 aliphatic rings. The molecule has 18 heavy (non-hydrogen) atoms. The summed E-state index contributed by atoms with van der Waals surface area (Å²) in [6.45, 7) is 2.30. The molecule has 1 aromatic heterocycles. The van der Waals surface area contributed by atoms with E-state index in [0.717, 1.165) is 29.1 Å². The maximum absolute atomic E-state index is 4.35. The van der Waals surface area contributed by atoms with E-state index in [1.165, 1.54) is 5.56 Å². The Bertz CT molecular complexity index is 570. The van der Waals surface area contributed by atoms with Crippen molar-refractivity contribution in [3.8, 4) is 0 Å². The second-order valence-electron chi connectivity index (χ2n) is 5.37. The Morgan fingerprint density at radius 3 is 2.72 bits per heavy atom. The lowest BCUT2D eigenvalue weighted by Gasteiger charge is -2.46. The molecule has 0 aliphatic heterocycles. The Hall–Kier alpha value is -1.16. The van der Waals surface area contributed by atoms with Gasteiger partial charge in [-0.15, -0.1) is 10.2 Å². The monoisotopic (exact) mass is 305 g/mol. The second-order valence-corrected chi connectivity index (χ2v) is 6.29. The third kappa shape index (κ3) is 1.70. The summed E-state index contributed by atoms with van der Waals surface area (Å²) in [5, 5.41) is 8.39. The number of halogens is 1. The van der Waals surface area contributed by atoms with E-state index in [4.69, 9.17) is 0 Å². The fourth-order valence-electron chi connectivity index (χ4n) is 3.18. The minimum Gasteiger partial charge on any atom is -0.320 e. The third-order valence-corrected chi connectivity index (χ3v) is 4.40. The van der Waals surface area contributed by atoms with Gasteiger partial charge in [0.1, 0.15) is 12.2 Å². The van der Waals surface area contributed by atoms with Gasteiger partial charge in [0.25, 0.3) is 0 Å². The lowest BCUT2D eigenvalue weighted by molar-refractivity contribution is 0.185. The van der Waals surface area contributed by atoms with Crippen molar-refractivity contribution in [3.05, 3.63) is 46.5 Å². The molecule has 0 bridgehead atoms. The third-order valence-electron chi connectivity index (χ3n) is 3.91. The highest BCUT2D eigenvalue weighted by molar-refractivity contribution is 9.10. The first kappa shape index (κ1) is 11.9. The predicted octanol–water partition coefficient (Wildman–Crippen LogP) is 3.29. The van der Waals surface area contributed by atoms with E-state index in [-0.39, 0.29) is 5.41 Å². The summed E-state index contributed by atoms with van der Waals surface area (Å²) in [6.07, 6.45) is 4.09. The van der Waals surface area contributed by atoms with Crippen LogP contribution in [0, 0.1) is 5.92 Å². The van der Waals surface area contributed by atoms with Gasteiger partial charge in [0.2, 0.25) is 0 Å². The lowest BCUT2D eigenvalue weighted by atomic mass is 9.58. The van der Waals surface area contributed by atoms with Gasteiger partial charge >= 0.3 is 0 Å². The van der Waals surface area contributed by atoms with Gasteiger partial charge in [-0.3, -0.25) is 0 Å². The van der Waals surface area contributed by atoms with E-state index in [1.54, 1.807) is 6.33 Å². The van der Waals surface area contributed by atoms with E-state index in [1.807, 2.05) is 11.6 Å². The Balaban J connectivity index is 2.11.